The summed E-state index contributed by atoms with van der Waals surface area (Å²) in [6.07, 6.45) is 2.76. The van der Waals surface area contributed by atoms with E-state index in [0.29, 0.717) is 13.0 Å². The first-order valence-corrected chi connectivity index (χ1v) is 8.13. The monoisotopic (exact) mass is 297 g/mol. The molecule has 20 heavy (non-hydrogen) atoms. The van der Waals surface area contributed by atoms with Gasteiger partial charge in [0.15, 0.2) is 0 Å². The summed E-state index contributed by atoms with van der Waals surface area (Å²) < 4.78 is 5.57. The van der Waals surface area contributed by atoms with Gasteiger partial charge in [-0.15, -0.1) is 0 Å². The van der Waals surface area contributed by atoms with Crippen LogP contribution < -0.4 is 10.1 Å². The number of carbonyl (C=O) groups is 1. The molecular weight excluding hydrogens is 274 g/mol. The SMILES string of the molecule is CSCC[C@H](NCc1ccc(OC(C)C)cc1)C(=O)O. The van der Waals surface area contributed by atoms with Gasteiger partial charge in [0.2, 0.25) is 0 Å². The third-order valence-corrected chi connectivity index (χ3v) is 3.40. The zero-order valence-corrected chi connectivity index (χ0v) is 13.1. The van der Waals surface area contributed by atoms with Crippen LogP contribution in [0, 0.1) is 0 Å². The summed E-state index contributed by atoms with van der Waals surface area (Å²) in [6.45, 7) is 4.52. The van der Waals surface area contributed by atoms with E-state index in [2.05, 4.69) is 5.32 Å². The fraction of sp³-hybridized carbons (Fsp3) is 0.533. The third-order valence-electron chi connectivity index (χ3n) is 2.76. The Hall–Kier alpha value is -1.20. The van der Waals surface area contributed by atoms with Crippen LogP contribution in [0.1, 0.15) is 25.8 Å². The van der Waals surface area contributed by atoms with Gasteiger partial charge in [0.05, 0.1) is 6.10 Å². The molecule has 0 bridgehead atoms. The Morgan fingerprint density at radius 2 is 2.00 bits per heavy atom. The van der Waals surface area contributed by atoms with Crippen LogP contribution in [0.25, 0.3) is 0 Å². The highest BCUT2D eigenvalue weighted by Gasteiger charge is 2.15. The molecule has 112 valence electrons. The Morgan fingerprint density at radius 3 is 2.50 bits per heavy atom. The highest BCUT2D eigenvalue weighted by molar-refractivity contribution is 7.98. The first-order valence-electron chi connectivity index (χ1n) is 6.73. The Morgan fingerprint density at radius 1 is 1.35 bits per heavy atom. The summed E-state index contributed by atoms with van der Waals surface area (Å²) >= 11 is 1.66. The van der Waals surface area contributed by atoms with Crippen LogP contribution in [0.5, 0.6) is 5.75 Å². The molecule has 2 N–H and O–H groups in total. The molecule has 4 nitrogen and oxygen atoms in total. The molecule has 0 heterocycles. The molecule has 0 amide bonds. The maximum absolute atomic E-state index is 11.1. The fourth-order valence-corrected chi connectivity index (χ4v) is 2.22. The van der Waals surface area contributed by atoms with Crippen LogP contribution in [0.15, 0.2) is 24.3 Å². The topological polar surface area (TPSA) is 58.6 Å². The van der Waals surface area contributed by atoms with Gasteiger partial charge in [-0.2, -0.15) is 11.8 Å². The van der Waals surface area contributed by atoms with Gasteiger partial charge >= 0.3 is 5.97 Å². The molecule has 0 spiro atoms. The van der Waals surface area contributed by atoms with Crippen molar-refractivity contribution >= 4 is 17.7 Å². The Bertz CT molecular complexity index is 406. The average Bonchev–Trinajstić information content (AvgIpc) is 2.39. The molecule has 5 heteroatoms. The highest BCUT2D eigenvalue weighted by Crippen LogP contribution is 2.14. The second-order valence-corrected chi connectivity index (χ2v) is 5.85. The van der Waals surface area contributed by atoms with Gasteiger partial charge in [-0.1, -0.05) is 12.1 Å². The molecule has 0 saturated carbocycles. The molecule has 0 aliphatic carbocycles. The number of ether oxygens (including phenoxy) is 1. The molecule has 0 aliphatic heterocycles. The summed E-state index contributed by atoms with van der Waals surface area (Å²) in [7, 11) is 0. The number of carboxylic acids is 1. The first-order chi connectivity index (χ1) is 9.52. The minimum absolute atomic E-state index is 0.155. The smallest absolute Gasteiger partial charge is 0.320 e. The van der Waals surface area contributed by atoms with Crippen molar-refractivity contribution in [2.75, 3.05) is 12.0 Å². The van der Waals surface area contributed by atoms with Crippen molar-refractivity contribution in [1.82, 2.24) is 5.32 Å². The molecule has 1 aromatic carbocycles. The lowest BCUT2D eigenvalue weighted by molar-refractivity contribution is -0.139. The van der Waals surface area contributed by atoms with Crippen molar-refractivity contribution in [3.63, 3.8) is 0 Å². The van der Waals surface area contributed by atoms with Gasteiger partial charge in [0.25, 0.3) is 0 Å². The van der Waals surface area contributed by atoms with Crippen molar-refractivity contribution in [2.45, 2.75) is 39.0 Å². The van der Waals surface area contributed by atoms with Gasteiger partial charge in [0.1, 0.15) is 11.8 Å². The quantitative estimate of drug-likeness (QED) is 0.734. The lowest BCUT2D eigenvalue weighted by Gasteiger charge is -2.14. The fourth-order valence-electron chi connectivity index (χ4n) is 1.75. The Labute approximate surface area is 124 Å². The van der Waals surface area contributed by atoms with E-state index in [0.717, 1.165) is 17.1 Å². The second-order valence-electron chi connectivity index (χ2n) is 4.86. The molecule has 0 aliphatic rings. The average molecular weight is 297 g/mol. The van der Waals surface area contributed by atoms with Gasteiger partial charge in [-0.05, 0) is 50.0 Å². The summed E-state index contributed by atoms with van der Waals surface area (Å²) in [4.78, 5) is 11.1. The Balaban J connectivity index is 2.48. The lowest BCUT2D eigenvalue weighted by atomic mass is 10.2. The molecule has 1 aromatic rings. The van der Waals surface area contributed by atoms with Crippen LogP contribution in [-0.4, -0.2) is 35.2 Å². The van der Waals surface area contributed by atoms with E-state index in [9.17, 15) is 4.79 Å². The number of rotatable bonds is 9. The van der Waals surface area contributed by atoms with Crippen molar-refractivity contribution in [2.24, 2.45) is 0 Å². The molecule has 0 fully saturated rings. The minimum Gasteiger partial charge on any atom is -0.491 e. The third kappa shape index (κ3) is 6.30. The van der Waals surface area contributed by atoms with Crippen molar-refractivity contribution in [1.29, 1.82) is 0 Å². The van der Waals surface area contributed by atoms with E-state index in [4.69, 9.17) is 9.84 Å². The summed E-state index contributed by atoms with van der Waals surface area (Å²) in [6, 6.07) is 7.24. The van der Waals surface area contributed by atoms with Gasteiger partial charge < -0.3 is 15.2 Å². The maximum Gasteiger partial charge on any atom is 0.320 e. The predicted molar refractivity (Wildman–Crippen MR) is 83.5 cm³/mol. The molecule has 1 rings (SSSR count). The summed E-state index contributed by atoms with van der Waals surface area (Å²) in [5, 5.41) is 12.2. The zero-order chi connectivity index (χ0) is 15.0. The number of thioether (sulfide) groups is 1. The van der Waals surface area contributed by atoms with Crippen LogP contribution in [0.4, 0.5) is 0 Å². The number of nitrogens with one attached hydrogen (secondary N) is 1. The number of aliphatic carboxylic acids is 1. The summed E-state index contributed by atoms with van der Waals surface area (Å²) in [5.74, 6) is 0.880. The molecule has 0 radical (unpaired) electrons. The molecule has 0 unspecified atom stereocenters. The second kappa shape index (κ2) is 8.87. The van der Waals surface area contributed by atoms with Crippen molar-refractivity contribution in [3.05, 3.63) is 29.8 Å². The molecule has 0 aromatic heterocycles. The van der Waals surface area contributed by atoms with Gasteiger partial charge in [-0.3, -0.25) is 4.79 Å². The lowest BCUT2D eigenvalue weighted by Crippen LogP contribution is -2.36. The van der Waals surface area contributed by atoms with Crippen LogP contribution in [-0.2, 0) is 11.3 Å². The normalized spacial score (nSPS) is 12.4. The first kappa shape index (κ1) is 16.9. The molecule has 0 saturated heterocycles. The van der Waals surface area contributed by atoms with Gasteiger partial charge in [-0.25, -0.2) is 0 Å². The van der Waals surface area contributed by atoms with E-state index in [1.165, 1.54) is 0 Å². The number of hydrogen-bond acceptors (Lipinski definition) is 4. The Kier molecular flexibility index (Phi) is 7.47. The van der Waals surface area contributed by atoms with Crippen molar-refractivity contribution < 1.29 is 14.6 Å². The van der Waals surface area contributed by atoms with Gasteiger partial charge in [0, 0.05) is 6.54 Å². The van der Waals surface area contributed by atoms with Crippen LogP contribution >= 0.6 is 11.8 Å². The summed E-state index contributed by atoms with van der Waals surface area (Å²) in [5.41, 5.74) is 1.05. The van der Waals surface area contributed by atoms with Crippen molar-refractivity contribution in [3.8, 4) is 5.75 Å². The zero-order valence-electron chi connectivity index (χ0n) is 12.3. The minimum atomic E-state index is -0.793. The van der Waals surface area contributed by atoms with E-state index in [1.807, 2.05) is 44.4 Å². The van der Waals surface area contributed by atoms with E-state index in [-0.39, 0.29) is 6.10 Å². The number of benzene rings is 1. The van der Waals surface area contributed by atoms with Crippen LogP contribution in [0.3, 0.4) is 0 Å². The van der Waals surface area contributed by atoms with E-state index < -0.39 is 12.0 Å². The largest absolute Gasteiger partial charge is 0.491 e. The number of hydrogen-bond donors (Lipinski definition) is 2. The standard InChI is InChI=1S/C15H23NO3S/c1-11(2)19-13-6-4-12(5-7-13)10-16-14(15(17)18)8-9-20-3/h4-7,11,14,16H,8-10H2,1-3H3,(H,17,18)/t14-/m0/s1. The predicted octanol–water partition coefficient (Wildman–Crippen LogP) is 2.77. The maximum atomic E-state index is 11.1. The van der Waals surface area contributed by atoms with E-state index in [1.54, 1.807) is 11.8 Å². The molecular formula is C15H23NO3S. The number of carboxylic acid groups (broad SMARTS) is 1. The highest BCUT2D eigenvalue weighted by atomic mass is 32.2. The van der Waals surface area contributed by atoms with Crippen LogP contribution in [0.2, 0.25) is 0 Å². The molecule has 1 atom stereocenters. The van der Waals surface area contributed by atoms with E-state index >= 15 is 0 Å².